The zero-order valence-corrected chi connectivity index (χ0v) is 13.1. The molecular formula is C16H27N3O. The van der Waals surface area contributed by atoms with Crippen LogP contribution in [0.15, 0.2) is 24.3 Å². The summed E-state index contributed by atoms with van der Waals surface area (Å²) in [6.45, 7) is 7.87. The molecule has 4 heteroatoms. The number of hydrogen-bond acceptors (Lipinski definition) is 2. The van der Waals surface area contributed by atoms with Gasteiger partial charge in [0.05, 0.1) is 0 Å². The number of carbonyl (C=O) groups excluding carboxylic acids is 1. The van der Waals surface area contributed by atoms with Crippen molar-refractivity contribution in [3.63, 3.8) is 0 Å². The Kier molecular flexibility index (Phi) is 7.09. The largest absolute Gasteiger partial charge is 0.325 e. The summed E-state index contributed by atoms with van der Waals surface area (Å²) < 4.78 is 0. The van der Waals surface area contributed by atoms with Crippen LogP contribution < -0.4 is 10.6 Å². The Bertz CT molecular complexity index is 414. The number of amides is 2. The highest BCUT2D eigenvalue weighted by Gasteiger charge is 2.12. The van der Waals surface area contributed by atoms with E-state index in [1.54, 1.807) is 0 Å². The van der Waals surface area contributed by atoms with Gasteiger partial charge in [-0.05, 0) is 44.5 Å². The molecule has 1 rings (SSSR count). The SMILES string of the molecule is CCCN(CCC)C(=O)Nc1cccc(C(C)NC)c1. The zero-order valence-electron chi connectivity index (χ0n) is 13.1. The second kappa shape index (κ2) is 8.59. The van der Waals surface area contributed by atoms with E-state index in [0.29, 0.717) is 0 Å². The summed E-state index contributed by atoms with van der Waals surface area (Å²) >= 11 is 0. The highest BCUT2D eigenvalue weighted by Crippen LogP contribution is 2.17. The summed E-state index contributed by atoms with van der Waals surface area (Å²) in [7, 11) is 1.93. The van der Waals surface area contributed by atoms with Gasteiger partial charge in [0.1, 0.15) is 0 Å². The van der Waals surface area contributed by atoms with E-state index in [1.165, 1.54) is 5.56 Å². The van der Waals surface area contributed by atoms with E-state index in [1.807, 2.05) is 30.1 Å². The van der Waals surface area contributed by atoms with Gasteiger partial charge >= 0.3 is 6.03 Å². The van der Waals surface area contributed by atoms with Crippen LogP contribution in [0.5, 0.6) is 0 Å². The quantitative estimate of drug-likeness (QED) is 0.799. The third-order valence-corrected chi connectivity index (χ3v) is 3.35. The molecule has 0 aromatic heterocycles. The van der Waals surface area contributed by atoms with Crippen LogP contribution in [0.25, 0.3) is 0 Å². The third-order valence-electron chi connectivity index (χ3n) is 3.35. The second-order valence-corrected chi connectivity index (χ2v) is 5.05. The van der Waals surface area contributed by atoms with Gasteiger partial charge in [0.2, 0.25) is 0 Å². The number of rotatable bonds is 7. The van der Waals surface area contributed by atoms with Crippen molar-refractivity contribution in [2.24, 2.45) is 0 Å². The number of nitrogens with zero attached hydrogens (tertiary/aromatic N) is 1. The van der Waals surface area contributed by atoms with Gasteiger partial charge in [-0.1, -0.05) is 26.0 Å². The highest BCUT2D eigenvalue weighted by molar-refractivity contribution is 5.89. The summed E-state index contributed by atoms with van der Waals surface area (Å²) in [6, 6.07) is 8.25. The second-order valence-electron chi connectivity index (χ2n) is 5.05. The molecule has 2 N–H and O–H groups in total. The molecular weight excluding hydrogens is 250 g/mol. The Hall–Kier alpha value is -1.55. The topological polar surface area (TPSA) is 44.4 Å². The molecule has 4 nitrogen and oxygen atoms in total. The Morgan fingerprint density at radius 1 is 1.25 bits per heavy atom. The average molecular weight is 277 g/mol. The molecule has 0 spiro atoms. The van der Waals surface area contributed by atoms with Crippen LogP contribution in [0.3, 0.4) is 0 Å². The molecule has 0 aliphatic heterocycles. The van der Waals surface area contributed by atoms with Crippen LogP contribution in [-0.2, 0) is 0 Å². The van der Waals surface area contributed by atoms with Gasteiger partial charge in [0, 0.05) is 24.8 Å². The molecule has 0 heterocycles. The van der Waals surface area contributed by atoms with Crippen molar-refractivity contribution >= 4 is 11.7 Å². The fourth-order valence-electron chi connectivity index (χ4n) is 2.11. The van der Waals surface area contributed by atoms with Crippen molar-refractivity contribution in [1.82, 2.24) is 10.2 Å². The van der Waals surface area contributed by atoms with Crippen LogP contribution in [0, 0.1) is 0 Å². The minimum atomic E-state index is -0.0111. The molecule has 1 atom stereocenters. The molecule has 2 amide bonds. The van der Waals surface area contributed by atoms with Gasteiger partial charge in [-0.3, -0.25) is 0 Å². The number of hydrogen-bond donors (Lipinski definition) is 2. The first kappa shape index (κ1) is 16.5. The molecule has 0 fully saturated rings. The average Bonchev–Trinajstić information content (AvgIpc) is 2.46. The minimum absolute atomic E-state index is 0.0111. The molecule has 0 saturated carbocycles. The van der Waals surface area contributed by atoms with Gasteiger partial charge in [0.25, 0.3) is 0 Å². The molecule has 0 aliphatic carbocycles. The summed E-state index contributed by atoms with van der Waals surface area (Å²) in [5.41, 5.74) is 2.02. The lowest BCUT2D eigenvalue weighted by atomic mass is 10.1. The van der Waals surface area contributed by atoms with Crippen LogP contribution in [0.2, 0.25) is 0 Å². The molecule has 112 valence electrons. The van der Waals surface area contributed by atoms with E-state index >= 15 is 0 Å². The summed E-state index contributed by atoms with van der Waals surface area (Å²) in [5, 5.41) is 6.19. The Morgan fingerprint density at radius 2 is 1.90 bits per heavy atom. The van der Waals surface area contributed by atoms with E-state index < -0.39 is 0 Å². The number of carbonyl (C=O) groups is 1. The molecule has 1 aromatic rings. The first-order valence-electron chi connectivity index (χ1n) is 7.45. The standard InChI is InChI=1S/C16H27N3O/c1-5-10-19(11-6-2)16(20)18-15-9-7-8-14(12-15)13(3)17-4/h7-9,12-13,17H,5-6,10-11H2,1-4H3,(H,18,20). The maximum absolute atomic E-state index is 12.2. The van der Waals surface area contributed by atoms with Gasteiger partial charge in [-0.25, -0.2) is 4.79 Å². The molecule has 0 saturated heterocycles. The van der Waals surface area contributed by atoms with Gasteiger partial charge in [0.15, 0.2) is 0 Å². The summed E-state index contributed by atoms with van der Waals surface area (Å²) in [5.74, 6) is 0. The van der Waals surface area contributed by atoms with E-state index in [-0.39, 0.29) is 12.1 Å². The molecule has 0 radical (unpaired) electrons. The maximum atomic E-state index is 12.2. The first-order chi connectivity index (χ1) is 9.62. The van der Waals surface area contributed by atoms with E-state index in [9.17, 15) is 4.79 Å². The molecule has 1 aromatic carbocycles. The number of nitrogens with one attached hydrogen (secondary N) is 2. The Morgan fingerprint density at radius 3 is 2.45 bits per heavy atom. The van der Waals surface area contributed by atoms with E-state index in [2.05, 4.69) is 37.5 Å². The molecule has 1 unspecified atom stereocenters. The molecule has 0 aliphatic rings. The lowest BCUT2D eigenvalue weighted by Gasteiger charge is -2.22. The van der Waals surface area contributed by atoms with Crippen molar-refractivity contribution in [2.75, 3.05) is 25.5 Å². The van der Waals surface area contributed by atoms with Crippen molar-refractivity contribution in [3.8, 4) is 0 Å². The van der Waals surface area contributed by atoms with Crippen molar-refractivity contribution in [1.29, 1.82) is 0 Å². The first-order valence-corrected chi connectivity index (χ1v) is 7.45. The lowest BCUT2D eigenvalue weighted by Crippen LogP contribution is -2.36. The monoisotopic (exact) mass is 277 g/mol. The van der Waals surface area contributed by atoms with Gasteiger partial charge < -0.3 is 15.5 Å². The number of anilines is 1. The van der Waals surface area contributed by atoms with E-state index in [4.69, 9.17) is 0 Å². The number of urea groups is 1. The molecule has 20 heavy (non-hydrogen) atoms. The zero-order chi connectivity index (χ0) is 15.0. The van der Waals surface area contributed by atoms with Crippen molar-refractivity contribution in [2.45, 2.75) is 39.7 Å². The van der Waals surface area contributed by atoms with Gasteiger partial charge in [-0.15, -0.1) is 0 Å². The minimum Gasteiger partial charge on any atom is -0.325 e. The highest BCUT2D eigenvalue weighted by atomic mass is 16.2. The third kappa shape index (κ3) is 4.85. The predicted octanol–water partition coefficient (Wildman–Crippen LogP) is 3.62. The van der Waals surface area contributed by atoms with Crippen LogP contribution in [0.4, 0.5) is 10.5 Å². The van der Waals surface area contributed by atoms with Crippen LogP contribution in [-0.4, -0.2) is 31.1 Å². The van der Waals surface area contributed by atoms with Crippen molar-refractivity contribution < 1.29 is 4.79 Å². The predicted molar refractivity (Wildman–Crippen MR) is 85.1 cm³/mol. The Labute approximate surface area is 122 Å². The van der Waals surface area contributed by atoms with Crippen molar-refractivity contribution in [3.05, 3.63) is 29.8 Å². The van der Waals surface area contributed by atoms with Crippen LogP contribution in [0.1, 0.15) is 45.2 Å². The molecule has 0 bridgehead atoms. The number of benzene rings is 1. The smallest absolute Gasteiger partial charge is 0.321 e. The summed E-state index contributed by atoms with van der Waals surface area (Å²) in [4.78, 5) is 14.1. The van der Waals surface area contributed by atoms with E-state index in [0.717, 1.165) is 31.6 Å². The lowest BCUT2D eigenvalue weighted by molar-refractivity contribution is 0.211. The Balaban J connectivity index is 2.73. The fourth-order valence-corrected chi connectivity index (χ4v) is 2.11. The van der Waals surface area contributed by atoms with Gasteiger partial charge in [-0.2, -0.15) is 0 Å². The fraction of sp³-hybridized carbons (Fsp3) is 0.562. The van der Waals surface area contributed by atoms with Crippen LogP contribution >= 0.6 is 0 Å². The normalized spacial score (nSPS) is 12.0. The maximum Gasteiger partial charge on any atom is 0.321 e. The summed E-state index contributed by atoms with van der Waals surface area (Å²) in [6.07, 6.45) is 1.95.